The number of hydrogen-bond donors (Lipinski definition) is 2. The van der Waals surface area contributed by atoms with Gasteiger partial charge >= 0.3 is 0 Å². The van der Waals surface area contributed by atoms with Crippen molar-refractivity contribution in [1.82, 2.24) is 5.43 Å². The Labute approximate surface area is 156 Å². The second-order valence-electron chi connectivity index (χ2n) is 6.29. The quantitative estimate of drug-likeness (QED) is 0.309. The van der Waals surface area contributed by atoms with Crippen molar-refractivity contribution in [2.75, 3.05) is 14.2 Å². The molecular weight excluding hydrogens is 332 g/mol. The van der Waals surface area contributed by atoms with Crippen molar-refractivity contribution in [2.24, 2.45) is 5.10 Å². The maximum atomic E-state index is 11.8. The van der Waals surface area contributed by atoms with Gasteiger partial charge in [0.1, 0.15) is 0 Å². The van der Waals surface area contributed by atoms with Gasteiger partial charge in [-0.15, -0.1) is 0 Å². The average molecular weight is 364 g/mol. The van der Waals surface area contributed by atoms with E-state index in [1.807, 2.05) is 0 Å². The highest BCUT2D eigenvalue weighted by atomic mass is 16.5. The van der Waals surface area contributed by atoms with Crippen molar-refractivity contribution in [3.8, 4) is 17.2 Å². The van der Waals surface area contributed by atoms with Crippen molar-refractivity contribution in [3.63, 3.8) is 0 Å². The molecule has 1 rings (SSSR count). The van der Waals surface area contributed by atoms with Crippen LogP contribution in [0.1, 0.15) is 70.3 Å². The molecule has 0 unspecified atom stereocenters. The Morgan fingerprint density at radius 1 is 1.04 bits per heavy atom. The van der Waals surface area contributed by atoms with Crippen LogP contribution in [0.3, 0.4) is 0 Å². The number of rotatable bonds is 13. The minimum atomic E-state index is -0.0926. The zero-order chi connectivity index (χ0) is 19.2. The summed E-state index contributed by atoms with van der Waals surface area (Å²) in [5.74, 6) is 0.419. The van der Waals surface area contributed by atoms with Crippen molar-refractivity contribution < 1.29 is 19.4 Å². The van der Waals surface area contributed by atoms with Gasteiger partial charge in [0.15, 0.2) is 11.5 Å². The van der Waals surface area contributed by atoms with E-state index >= 15 is 0 Å². The zero-order valence-electron chi connectivity index (χ0n) is 16.2. The number of nitrogens with one attached hydrogen (secondary N) is 1. The molecule has 0 aliphatic carbocycles. The first-order valence-electron chi connectivity index (χ1n) is 9.39. The highest BCUT2D eigenvalue weighted by Gasteiger charge is 2.10. The Morgan fingerprint density at radius 2 is 1.58 bits per heavy atom. The molecule has 6 heteroatoms. The largest absolute Gasteiger partial charge is 0.502 e. The summed E-state index contributed by atoms with van der Waals surface area (Å²) in [6.07, 6.45) is 11.6. The van der Waals surface area contributed by atoms with Gasteiger partial charge in [-0.05, 0) is 18.6 Å². The van der Waals surface area contributed by atoms with Crippen LogP contribution in [0.15, 0.2) is 17.2 Å². The van der Waals surface area contributed by atoms with Crippen LogP contribution >= 0.6 is 0 Å². The molecule has 1 amide bonds. The third-order valence-corrected chi connectivity index (χ3v) is 4.16. The van der Waals surface area contributed by atoms with Crippen LogP contribution in [0, 0.1) is 0 Å². The summed E-state index contributed by atoms with van der Waals surface area (Å²) in [7, 11) is 2.92. The highest BCUT2D eigenvalue weighted by Crippen LogP contribution is 2.36. The smallest absolute Gasteiger partial charge is 0.240 e. The molecule has 0 radical (unpaired) electrons. The van der Waals surface area contributed by atoms with Gasteiger partial charge in [-0.3, -0.25) is 4.79 Å². The minimum Gasteiger partial charge on any atom is -0.502 e. The van der Waals surface area contributed by atoms with Gasteiger partial charge in [-0.25, -0.2) is 5.43 Å². The molecule has 0 fully saturated rings. The number of carbonyl (C=O) groups excluding carboxylic acids is 1. The third-order valence-electron chi connectivity index (χ3n) is 4.16. The van der Waals surface area contributed by atoms with E-state index in [1.54, 1.807) is 12.1 Å². The van der Waals surface area contributed by atoms with Crippen LogP contribution in [0.25, 0.3) is 0 Å². The Bertz CT molecular complexity index is 548. The van der Waals surface area contributed by atoms with E-state index in [4.69, 9.17) is 9.47 Å². The summed E-state index contributed by atoms with van der Waals surface area (Å²) in [4.78, 5) is 11.8. The van der Waals surface area contributed by atoms with Crippen molar-refractivity contribution in [1.29, 1.82) is 0 Å². The number of methoxy groups -OCH3 is 2. The molecule has 6 nitrogen and oxygen atoms in total. The predicted molar refractivity (Wildman–Crippen MR) is 104 cm³/mol. The Kier molecular flexibility index (Phi) is 10.9. The molecule has 146 valence electrons. The molecule has 0 spiro atoms. The van der Waals surface area contributed by atoms with Gasteiger partial charge in [0.2, 0.25) is 11.7 Å². The molecule has 0 aliphatic rings. The number of ether oxygens (including phenoxy) is 2. The molecule has 1 aromatic rings. The molecule has 1 aromatic carbocycles. The first-order valence-corrected chi connectivity index (χ1v) is 9.39. The van der Waals surface area contributed by atoms with Crippen molar-refractivity contribution in [3.05, 3.63) is 17.7 Å². The van der Waals surface area contributed by atoms with Crippen molar-refractivity contribution >= 4 is 12.1 Å². The van der Waals surface area contributed by atoms with Gasteiger partial charge in [0.05, 0.1) is 20.4 Å². The van der Waals surface area contributed by atoms with Crippen LogP contribution in [0.2, 0.25) is 0 Å². The Morgan fingerprint density at radius 3 is 2.12 bits per heavy atom. The van der Waals surface area contributed by atoms with Crippen LogP contribution < -0.4 is 14.9 Å². The van der Waals surface area contributed by atoms with E-state index in [9.17, 15) is 9.90 Å². The van der Waals surface area contributed by atoms with E-state index in [1.165, 1.54) is 59.0 Å². The van der Waals surface area contributed by atoms with Gasteiger partial charge in [0, 0.05) is 12.0 Å². The van der Waals surface area contributed by atoms with Crippen LogP contribution in [0.4, 0.5) is 0 Å². The second-order valence-corrected chi connectivity index (χ2v) is 6.29. The van der Waals surface area contributed by atoms with Gasteiger partial charge in [0.25, 0.3) is 0 Å². The number of benzene rings is 1. The molecule has 0 bridgehead atoms. The number of aromatic hydroxyl groups is 1. The number of nitrogens with zero attached hydrogens (tertiary/aromatic N) is 1. The Balaban J connectivity index is 2.30. The lowest BCUT2D eigenvalue weighted by Crippen LogP contribution is -2.16. The average Bonchev–Trinajstić information content (AvgIpc) is 2.65. The van der Waals surface area contributed by atoms with Crippen LogP contribution in [-0.2, 0) is 4.79 Å². The number of hydrazone groups is 1. The van der Waals surface area contributed by atoms with E-state index in [2.05, 4.69) is 17.5 Å². The maximum absolute atomic E-state index is 11.8. The highest BCUT2D eigenvalue weighted by molar-refractivity contribution is 5.84. The number of amides is 1. The summed E-state index contributed by atoms with van der Waals surface area (Å²) in [6, 6.07) is 3.23. The van der Waals surface area contributed by atoms with E-state index in [0.717, 1.165) is 12.8 Å². The SMILES string of the molecule is CCCCCCCCCCC(=O)N/N=C/c1cc(OC)c(O)c(OC)c1. The summed E-state index contributed by atoms with van der Waals surface area (Å²) in [5.41, 5.74) is 3.18. The molecule has 26 heavy (non-hydrogen) atoms. The first-order chi connectivity index (χ1) is 12.6. The summed E-state index contributed by atoms with van der Waals surface area (Å²) in [5, 5.41) is 13.8. The van der Waals surface area contributed by atoms with Crippen LogP contribution in [0.5, 0.6) is 17.2 Å². The zero-order valence-corrected chi connectivity index (χ0v) is 16.2. The fourth-order valence-corrected chi connectivity index (χ4v) is 2.64. The predicted octanol–water partition coefficient (Wildman–Crippen LogP) is 4.39. The number of phenols is 1. The van der Waals surface area contributed by atoms with Gasteiger partial charge in [-0.1, -0.05) is 51.9 Å². The van der Waals surface area contributed by atoms with E-state index in [-0.39, 0.29) is 23.2 Å². The molecule has 0 aliphatic heterocycles. The first kappa shape index (κ1) is 21.8. The summed E-state index contributed by atoms with van der Waals surface area (Å²) in [6.45, 7) is 2.22. The lowest BCUT2D eigenvalue weighted by atomic mass is 10.1. The fourth-order valence-electron chi connectivity index (χ4n) is 2.64. The number of hydrogen-bond acceptors (Lipinski definition) is 5. The molecular formula is C20H32N2O4. The topological polar surface area (TPSA) is 80.2 Å². The number of unbranched alkanes of at least 4 members (excludes halogenated alkanes) is 7. The molecule has 0 heterocycles. The lowest BCUT2D eigenvalue weighted by Gasteiger charge is -2.09. The Hall–Kier alpha value is -2.24. The standard InChI is InChI=1S/C20H32N2O4/c1-4-5-6-7-8-9-10-11-12-19(23)22-21-15-16-13-17(25-2)20(24)18(14-16)26-3/h13-15,24H,4-12H2,1-3H3,(H,22,23)/b21-15+. The van der Waals surface area contributed by atoms with Crippen LogP contribution in [-0.4, -0.2) is 31.4 Å². The van der Waals surface area contributed by atoms with Crippen molar-refractivity contribution in [2.45, 2.75) is 64.7 Å². The van der Waals surface area contributed by atoms with E-state index in [0.29, 0.717) is 12.0 Å². The fraction of sp³-hybridized carbons (Fsp3) is 0.600. The summed E-state index contributed by atoms with van der Waals surface area (Å²) < 4.78 is 10.2. The van der Waals surface area contributed by atoms with Gasteiger partial charge < -0.3 is 14.6 Å². The minimum absolute atomic E-state index is 0.0640. The lowest BCUT2D eigenvalue weighted by molar-refractivity contribution is -0.121. The molecule has 0 atom stereocenters. The molecule has 2 N–H and O–H groups in total. The van der Waals surface area contributed by atoms with E-state index < -0.39 is 0 Å². The maximum Gasteiger partial charge on any atom is 0.240 e. The molecule has 0 saturated carbocycles. The molecule has 0 saturated heterocycles. The normalized spacial score (nSPS) is 10.9. The van der Waals surface area contributed by atoms with Gasteiger partial charge in [-0.2, -0.15) is 5.10 Å². The summed E-state index contributed by atoms with van der Waals surface area (Å²) >= 11 is 0. The number of carbonyl (C=O) groups is 1. The second kappa shape index (κ2) is 13.0. The molecule has 0 aromatic heterocycles. The monoisotopic (exact) mass is 364 g/mol. The third kappa shape index (κ3) is 8.23. The number of phenolic OH excluding ortho intramolecular Hbond substituents is 1.